The van der Waals surface area contributed by atoms with E-state index in [1.807, 2.05) is 30.3 Å². The minimum atomic E-state index is -0.334. The van der Waals surface area contributed by atoms with Crippen molar-refractivity contribution < 1.29 is 14.3 Å². The Morgan fingerprint density at radius 3 is 2.85 bits per heavy atom. The van der Waals surface area contributed by atoms with Crippen LogP contribution in [-0.4, -0.2) is 51.7 Å². The van der Waals surface area contributed by atoms with E-state index in [0.29, 0.717) is 25.5 Å². The molecule has 1 atom stereocenters. The van der Waals surface area contributed by atoms with Gasteiger partial charge in [0.15, 0.2) is 5.82 Å². The van der Waals surface area contributed by atoms with Crippen LogP contribution in [0.2, 0.25) is 0 Å². The number of anilines is 1. The summed E-state index contributed by atoms with van der Waals surface area (Å²) in [4.78, 5) is 25.9. The summed E-state index contributed by atoms with van der Waals surface area (Å²) in [5.41, 5.74) is 0.960. The minimum absolute atomic E-state index is 0.190. The third-order valence-corrected chi connectivity index (χ3v) is 4.38. The molecule has 1 aromatic heterocycles. The lowest BCUT2D eigenvalue weighted by atomic mass is 9.98. The summed E-state index contributed by atoms with van der Waals surface area (Å²) in [6.07, 6.45) is 3.14. The van der Waals surface area contributed by atoms with Crippen LogP contribution in [0, 0.1) is 5.92 Å². The summed E-state index contributed by atoms with van der Waals surface area (Å²) >= 11 is 0. The minimum Gasteiger partial charge on any atom is -0.445 e. The van der Waals surface area contributed by atoms with Crippen molar-refractivity contribution in [3.63, 3.8) is 0 Å². The number of aryl methyl sites for hydroxylation is 1. The number of carbonyl (C=O) groups excluding carboxylic acids is 2. The molecule has 1 aliphatic rings. The first kappa shape index (κ1) is 18.7. The van der Waals surface area contributed by atoms with Gasteiger partial charge in [0, 0.05) is 26.7 Å². The van der Waals surface area contributed by atoms with Gasteiger partial charge in [0.05, 0.1) is 6.20 Å². The maximum absolute atomic E-state index is 12.3. The first-order valence-corrected chi connectivity index (χ1v) is 8.97. The number of hydrogen-bond acceptors (Lipinski definition) is 5. The average Bonchev–Trinajstić information content (AvgIpc) is 3.10. The van der Waals surface area contributed by atoms with Gasteiger partial charge < -0.3 is 15.0 Å². The van der Waals surface area contributed by atoms with E-state index >= 15 is 0 Å². The van der Waals surface area contributed by atoms with Gasteiger partial charge in [-0.15, -0.1) is 5.10 Å². The fourth-order valence-electron chi connectivity index (χ4n) is 3.01. The summed E-state index contributed by atoms with van der Waals surface area (Å²) in [6, 6.07) is 9.26. The maximum Gasteiger partial charge on any atom is 0.410 e. The third kappa shape index (κ3) is 5.70. The van der Waals surface area contributed by atoms with Crippen molar-refractivity contribution in [2.45, 2.75) is 19.4 Å². The van der Waals surface area contributed by atoms with Crippen LogP contribution < -0.4 is 10.6 Å². The van der Waals surface area contributed by atoms with Gasteiger partial charge in [0.1, 0.15) is 6.61 Å². The molecule has 0 saturated carbocycles. The molecule has 27 heavy (non-hydrogen) atoms. The fourth-order valence-corrected chi connectivity index (χ4v) is 3.01. The molecule has 1 fully saturated rings. The van der Waals surface area contributed by atoms with Crippen LogP contribution in [0.1, 0.15) is 18.4 Å². The molecule has 1 saturated heterocycles. The Balaban J connectivity index is 1.40. The van der Waals surface area contributed by atoms with Gasteiger partial charge in [-0.05, 0) is 24.3 Å². The molecule has 2 N–H and O–H groups in total. The quantitative estimate of drug-likeness (QED) is 0.836. The lowest BCUT2D eigenvalue weighted by molar-refractivity contribution is 0.0793. The Morgan fingerprint density at radius 1 is 1.30 bits per heavy atom. The lowest BCUT2D eigenvalue weighted by Gasteiger charge is -2.32. The van der Waals surface area contributed by atoms with Crippen molar-refractivity contribution in [2.75, 3.05) is 25.0 Å². The van der Waals surface area contributed by atoms with Gasteiger partial charge in [-0.2, -0.15) is 0 Å². The molecular weight excluding hydrogens is 348 g/mol. The number of nitrogens with one attached hydrogen (secondary N) is 2. The van der Waals surface area contributed by atoms with E-state index in [1.165, 1.54) is 4.68 Å². The van der Waals surface area contributed by atoms with Crippen LogP contribution in [0.15, 0.2) is 36.5 Å². The standard InChI is InChI=1S/C18H24N6O3/c1-23-12-16(21-22-23)20-17(25)19-10-15-8-5-9-24(11-15)18(26)27-13-14-6-3-2-4-7-14/h2-4,6-7,12,15H,5,8-11,13H2,1H3,(H2,19,20,25)/t15-/m1/s1. The largest absolute Gasteiger partial charge is 0.445 e. The van der Waals surface area contributed by atoms with Crippen LogP contribution in [0.3, 0.4) is 0 Å². The molecule has 0 aliphatic carbocycles. The molecule has 1 aromatic carbocycles. The van der Waals surface area contributed by atoms with Crippen LogP contribution in [-0.2, 0) is 18.4 Å². The first-order chi connectivity index (χ1) is 13.1. The second-order valence-electron chi connectivity index (χ2n) is 6.61. The lowest BCUT2D eigenvalue weighted by Crippen LogP contribution is -2.44. The van der Waals surface area contributed by atoms with Crippen molar-refractivity contribution >= 4 is 17.9 Å². The van der Waals surface area contributed by atoms with Crippen LogP contribution in [0.25, 0.3) is 0 Å². The molecule has 3 amide bonds. The molecule has 144 valence electrons. The Kier molecular flexibility index (Phi) is 6.24. The number of piperidine rings is 1. The highest BCUT2D eigenvalue weighted by atomic mass is 16.6. The summed E-state index contributed by atoms with van der Waals surface area (Å²) in [5, 5.41) is 13.0. The molecule has 9 nitrogen and oxygen atoms in total. The van der Waals surface area contributed by atoms with Crippen molar-refractivity contribution in [1.82, 2.24) is 25.2 Å². The Bertz CT molecular complexity index is 763. The van der Waals surface area contributed by atoms with Crippen molar-refractivity contribution in [3.8, 4) is 0 Å². The molecule has 2 heterocycles. The van der Waals surface area contributed by atoms with Crippen molar-refractivity contribution in [1.29, 1.82) is 0 Å². The monoisotopic (exact) mass is 372 g/mol. The number of nitrogens with zero attached hydrogens (tertiary/aromatic N) is 4. The number of carbonyl (C=O) groups is 2. The normalized spacial score (nSPS) is 16.6. The number of amides is 3. The van der Waals surface area contributed by atoms with E-state index < -0.39 is 0 Å². The number of urea groups is 1. The van der Waals surface area contributed by atoms with E-state index in [2.05, 4.69) is 20.9 Å². The van der Waals surface area contributed by atoms with Gasteiger partial charge in [0.25, 0.3) is 0 Å². The Labute approximate surface area is 157 Å². The molecule has 1 aliphatic heterocycles. The molecule has 3 rings (SSSR count). The number of hydrogen-bond donors (Lipinski definition) is 2. The summed E-state index contributed by atoms with van der Waals surface area (Å²) in [7, 11) is 1.73. The zero-order valence-corrected chi connectivity index (χ0v) is 15.3. The number of likely N-dealkylation sites (tertiary alicyclic amines) is 1. The summed E-state index contributed by atoms with van der Waals surface area (Å²) in [5.74, 6) is 0.584. The molecule has 0 radical (unpaired) electrons. The zero-order valence-electron chi connectivity index (χ0n) is 15.3. The Hall–Kier alpha value is -3.10. The van der Waals surface area contributed by atoms with Crippen molar-refractivity contribution in [2.24, 2.45) is 13.0 Å². The number of rotatable bonds is 5. The van der Waals surface area contributed by atoms with Crippen molar-refractivity contribution in [3.05, 3.63) is 42.1 Å². The zero-order chi connectivity index (χ0) is 19.1. The highest BCUT2D eigenvalue weighted by Gasteiger charge is 2.25. The summed E-state index contributed by atoms with van der Waals surface area (Å²) in [6.45, 7) is 1.99. The van der Waals surface area contributed by atoms with E-state index in [-0.39, 0.29) is 24.6 Å². The van der Waals surface area contributed by atoms with Crippen LogP contribution in [0.4, 0.5) is 15.4 Å². The predicted octanol–water partition coefficient (Wildman–Crippen LogP) is 1.99. The van der Waals surface area contributed by atoms with Crippen LogP contribution in [0.5, 0.6) is 0 Å². The second kappa shape index (κ2) is 9.02. The highest BCUT2D eigenvalue weighted by molar-refractivity contribution is 5.87. The highest BCUT2D eigenvalue weighted by Crippen LogP contribution is 2.17. The topological polar surface area (TPSA) is 101 Å². The van der Waals surface area contributed by atoms with E-state index in [4.69, 9.17) is 4.74 Å². The fraction of sp³-hybridized carbons (Fsp3) is 0.444. The SMILES string of the molecule is Cn1cc(NC(=O)NC[C@H]2CCCN(C(=O)OCc3ccccc3)C2)nn1. The van der Waals surface area contributed by atoms with Gasteiger partial charge in [-0.1, -0.05) is 35.5 Å². The van der Waals surface area contributed by atoms with Gasteiger partial charge in [-0.3, -0.25) is 10.00 Å². The molecule has 0 spiro atoms. The summed E-state index contributed by atoms with van der Waals surface area (Å²) < 4.78 is 6.90. The number of aromatic nitrogens is 3. The Morgan fingerprint density at radius 2 is 2.11 bits per heavy atom. The van der Waals surface area contributed by atoms with Crippen LogP contribution >= 0.6 is 0 Å². The molecule has 0 bridgehead atoms. The maximum atomic E-state index is 12.3. The van der Waals surface area contributed by atoms with E-state index in [1.54, 1.807) is 18.1 Å². The third-order valence-electron chi connectivity index (χ3n) is 4.38. The van der Waals surface area contributed by atoms with Gasteiger partial charge in [-0.25, -0.2) is 9.59 Å². The molecular formula is C18H24N6O3. The first-order valence-electron chi connectivity index (χ1n) is 8.97. The van der Waals surface area contributed by atoms with E-state index in [0.717, 1.165) is 18.4 Å². The second-order valence-corrected chi connectivity index (χ2v) is 6.61. The smallest absolute Gasteiger partial charge is 0.410 e. The number of ether oxygens (including phenoxy) is 1. The molecule has 9 heteroatoms. The molecule has 0 unspecified atom stereocenters. The van der Waals surface area contributed by atoms with Gasteiger partial charge >= 0.3 is 12.1 Å². The molecule has 2 aromatic rings. The average molecular weight is 372 g/mol. The number of benzene rings is 1. The van der Waals surface area contributed by atoms with E-state index in [9.17, 15) is 9.59 Å². The predicted molar refractivity (Wildman–Crippen MR) is 98.9 cm³/mol. The van der Waals surface area contributed by atoms with Gasteiger partial charge in [0.2, 0.25) is 0 Å².